The van der Waals surface area contributed by atoms with Gasteiger partial charge in [0.2, 0.25) is 0 Å². The van der Waals surface area contributed by atoms with E-state index in [-0.39, 0.29) is 0 Å². The van der Waals surface area contributed by atoms with Crippen molar-refractivity contribution in [1.82, 2.24) is 10.2 Å². The second kappa shape index (κ2) is 10.1. The zero-order chi connectivity index (χ0) is 15.6. The van der Waals surface area contributed by atoms with Crippen LogP contribution in [0, 0.1) is 11.8 Å². The standard InChI is InChI=1S/C17H33N3O2/c1-15-4-9-20(10-5-15)17(18-2)19-8-3-11-22-14-16-6-12-21-13-7-16/h15-16H,3-14H2,1-2H3,(H,18,19). The molecule has 2 heterocycles. The van der Waals surface area contributed by atoms with Crippen LogP contribution >= 0.6 is 0 Å². The normalized spacial score (nSPS) is 22.1. The van der Waals surface area contributed by atoms with E-state index in [9.17, 15) is 0 Å². The molecule has 0 amide bonds. The third-order valence-corrected chi connectivity index (χ3v) is 4.74. The van der Waals surface area contributed by atoms with Gasteiger partial charge in [-0.05, 0) is 43.9 Å². The molecule has 0 aromatic rings. The molecule has 0 atom stereocenters. The van der Waals surface area contributed by atoms with E-state index in [0.717, 1.165) is 77.2 Å². The molecule has 0 aliphatic carbocycles. The van der Waals surface area contributed by atoms with Crippen molar-refractivity contribution in [2.24, 2.45) is 16.8 Å². The van der Waals surface area contributed by atoms with Gasteiger partial charge in [-0.25, -0.2) is 0 Å². The van der Waals surface area contributed by atoms with E-state index < -0.39 is 0 Å². The molecule has 0 aromatic heterocycles. The Morgan fingerprint density at radius 1 is 1.23 bits per heavy atom. The molecule has 2 aliphatic heterocycles. The molecule has 1 N–H and O–H groups in total. The molecule has 0 spiro atoms. The van der Waals surface area contributed by atoms with Gasteiger partial charge < -0.3 is 19.7 Å². The number of hydrogen-bond donors (Lipinski definition) is 1. The average Bonchev–Trinajstić information content (AvgIpc) is 2.56. The van der Waals surface area contributed by atoms with Crippen LogP contribution in [0.2, 0.25) is 0 Å². The van der Waals surface area contributed by atoms with Crippen molar-refractivity contribution in [2.45, 2.75) is 39.0 Å². The summed E-state index contributed by atoms with van der Waals surface area (Å²) in [5, 5.41) is 3.47. The molecule has 0 aromatic carbocycles. The van der Waals surface area contributed by atoms with Gasteiger partial charge in [0.15, 0.2) is 5.96 Å². The van der Waals surface area contributed by atoms with E-state index in [1.165, 1.54) is 12.8 Å². The first-order valence-electron chi connectivity index (χ1n) is 8.90. The lowest BCUT2D eigenvalue weighted by Gasteiger charge is -2.32. The summed E-state index contributed by atoms with van der Waals surface area (Å²) in [6, 6.07) is 0. The van der Waals surface area contributed by atoms with Crippen LogP contribution in [-0.4, -0.2) is 64.0 Å². The van der Waals surface area contributed by atoms with Crippen LogP contribution in [-0.2, 0) is 9.47 Å². The van der Waals surface area contributed by atoms with Crippen molar-refractivity contribution in [1.29, 1.82) is 0 Å². The Kier molecular flexibility index (Phi) is 8.02. The third-order valence-electron chi connectivity index (χ3n) is 4.74. The Balaban J connectivity index is 1.51. The molecule has 5 heteroatoms. The third kappa shape index (κ3) is 6.13. The number of nitrogens with one attached hydrogen (secondary N) is 1. The molecule has 22 heavy (non-hydrogen) atoms. The van der Waals surface area contributed by atoms with Crippen LogP contribution in [0.15, 0.2) is 4.99 Å². The highest BCUT2D eigenvalue weighted by Gasteiger charge is 2.18. The number of hydrogen-bond acceptors (Lipinski definition) is 3. The van der Waals surface area contributed by atoms with Gasteiger partial charge in [-0.3, -0.25) is 4.99 Å². The van der Waals surface area contributed by atoms with Gasteiger partial charge in [0, 0.05) is 53.1 Å². The second-order valence-electron chi connectivity index (χ2n) is 6.63. The first-order chi connectivity index (χ1) is 10.8. The Bertz CT molecular complexity index is 322. The average molecular weight is 311 g/mol. The van der Waals surface area contributed by atoms with Crippen molar-refractivity contribution >= 4 is 5.96 Å². The number of nitrogens with zero attached hydrogens (tertiary/aromatic N) is 2. The first kappa shape index (κ1) is 17.5. The van der Waals surface area contributed by atoms with Crippen LogP contribution < -0.4 is 5.32 Å². The minimum atomic E-state index is 0.699. The zero-order valence-electron chi connectivity index (χ0n) is 14.4. The molecular weight excluding hydrogens is 278 g/mol. The number of ether oxygens (including phenoxy) is 2. The molecule has 2 aliphatic rings. The van der Waals surface area contributed by atoms with E-state index in [1.54, 1.807) is 0 Å². The lowest BCUT2D eigenvalue weighted by molar-refractivity contribution is 0.0203. The van der Waals surface area contributed by atoms with Gasteiger partial charge >= 0.3 is 0 Å². The predicted octanol–water partition coefficient (Wildman–Crippen LogP) is 2.13. The molecule has 0 saturated carbocycles. The highest BCUT2D eigenvalue weighted by molar-refractivity contribution is 5.79. The van der Waals surface area contributed by atoms with Crippen LogP contribution in [0.3, 0.4) is 0 Å². The molecule has 0 radical (unpaired) electrons. The predicted molar refractivity (Wildman–Crippen MR) is 90.3 cm³/mol. The smallest absolute Gasteiger partial charge is 0.193 e. The summed E-state index contributed by atoms with van der Waals surface area (Å²) in [5.41, 5.74) is 0. The van der Waals surface area contributed by atoms with Crippen LogP contribution in [0.5, 0.6) is 0 Å². The summed E-state index contributed by atoms with van der Waals surface area (Å²) < 4.78 is 11.2. The van der Waals surface area contributed by atoms with E-state index in [2.05, 4.69) is 22.1 Å². The maximum absolute atomic E-state index is 5.80. The highest BCUT2D eigenvalue weighted by atomic mass is 16.5. The van der Waals surface area contributed by atoms with E-state index in [4.69, 9.17) is 9.47 Å². The molecule has 0 unspecified atom stereocenters. The summed E-state index contributed by atoms with van der Waals surface area (Å²) in [4.78, 5) is 6.78. The highest BCUT2D eigenvalue weighted by Crippen LogP contribution is 2.16. The number of piperidine rings is 1. The molecule has 0 bridgehead atoms. The quantitative estimate of drug-likeness (QED) is 0.464. The van der Waals surface area contributed by atoms with E-state index >= 15 is 0 Å². The Labute approximate surface area is 135 Å². The summed E-state index contributed by atoms with van der Waals surface area (Å²) in [5.74, 6) is 2.61. The van der Waals surface area contributed by atoms with Gasteiger partial charge in [0.25, 0.3) is 0 Å². The fourth-order valence-electron chi connectivity index (χ4n) is 3.09. The monoisotopic (exact) mass is 311 g/mol. The van der Waals surface area contributed by atoms with Crippen LogP contribution in [0.25, 0.3) is 0 Å². The van der Waals surface area contributed by atoms with Gasteiger partial charge in [-0.15, -0.1) is 0 Å². The van der Waals surface area contributed by atoms with Gasteiger partial charge in [-0.1, -0.05) is 6.92 Å². The summed E-state index contributed by atoms with van der Waals surface area (Å²) in [7, 11) is 1.88. The van der Waals surface area contributed by atoms with Crippen molar-refractivity contribution in [3.8, 4) is 0 Å². The van der Waals surface area contributed by atoms with Gasteiger partial charge in [0.05, 0.1) is 0 Å². The van der Waals surface area contributed by atoms with Crippen molar-refractivity contribution in [3.63, 3.8) is 0 Å². The Hall–Kier alpha value is -0.810. The lowest BCUT2D eigenvalue weighted by atomic mass is 10.00. The minimum absolute atomic E-state index is 0.699. The molecule has 5 nitrogen and oxygen atoms in total. The minimum Gasteiger partial charge on any atom is -0.381 e. The van der Waals surface area contributed by atoms with Gasteiger partial charge in [-0.2, -0.15) is 0 Å². The lowest BCUT2D eigenvalue weighted by Crippen LogP contribution is -2.45. The Morgan fingerprint density at radius 2 is 1.95 bits per heavy atom. The zero-order valence-corrected chi connectivity index (χ0v) is 14.4. The van der Waals surface area contributed by atoms with Crippen molar-refractivity contribution in [2.75, 3.05) is 53.1 Å². The fourth-order valence-corrected chi connectivity index (χ4v) is 3.09. The second-order valence-corrected chi connectivity index (χ2v) is 6.63. The topological polar surface area (TPSA) is 46.1 Å². The molecular formula is C17H33N3O2. The van der Waals surface area contributed by atoms with Crippen LogP contribution in [0.4, 0.5) is 0 Å². The number of rotatable bonds is 6. The van der Waals surface area contributed by atoms with Crippen LogP contribution in [0.1, 0.15) is 39.0 Å². The summed E-state index contributed by atoms with van der Waals surface area (Å²) in [6.07, 6.45) is 5.88. The SMILES string of the molecule is CN=C(NCCCOCC1CCOCC1)N1CCC(C)CC1. The van der Waals surface area contributed by atoms with E-state index in [1.807, 2.05) is 7.05 Å². The van der Waals surface area contributed by atoms with Crippen molar-refractivity contribution in [3.05, 3.63) is 0 Å². The number of guanidine groups is 1. The largest absolute Gasteiger partial charge is 0.381 e. The first-order valence-corrected chi connectivity index (χ1v) is 8.90. The summed E-state index contributed by atoms with van der Waals surface area (Å²) >= 11 is 0. The maximum Gasteiger partial charge on any atom is 0.193 e. The van der Waals surface area contributed by atoms with Crippen molar-refractivity contribution < 1.29 is 9.47 Å². The molecule has 2 rings (SSSR count). The maximum atomic E-state index is 5.80. The molecule has 2 saturated heterocycles. The fraction of sp³-hybridized carbons (Fsp3) is 0.941. The van der Waals surface area contributed by atoms with E-state index in [0.29, 0.717) is 5.92 Å². The van der Waals surface area contributed by atoms with Gasteiger partial charge in [0.1, 0.15) is 0 Å². The number of aliphatic imine (C=N–C) groups is 1. The number of likely N-dealkylation sites (tertiary alicyclic amines) is 1. The molecule has 2 fully saturated rings. The Morgan fingerprint density at radius 3 is 2.64 bits per heavy atom. The summed E-state index contributed by atoms with van der Waals surface area (Å²) in [6.45, 7) is 9.05. The molecule has 128 valence electrons.